The van der Waals surface area contributed by atoms with Crippen molar-refractivity contribution in [3.8, 4) is 0 Å². The average molecular weight is 332 g/mol. The van der Waals surface area contributed by atoms with Gasteiger partial charge in [-0.05, 0) is 45.9 Å². The Bertz CT molecular complexity index is 754. The van der Waals surface area contributed by atoms with Crippen molar-refractivity contribution in [2.75, 3.05) is 0 Å². The molecule has 0 bridgehead atoms. The standard InChI is InChI=1S/C15H10BrNOS/c1-9-7-13(19-15(9)16)14(18)12-4-2-3-10-8-17-6-5-11(10)12/h2-8H,1H3. The monoisotopic (exact) mass is 331 g/mol. The first-order chi connectivity index (χ1) is 9.16. The highest BCUT2D eigenvalue weighted by Gasteiger charge is 2.15. The van der Waals surface area contributed by atoms with Crippen molar-refractivity contribution in [1.29, 1.82) is 0 Å². The largest absolute Gasteiger partial charge is 0.288 e. The molecule has 0 aliphatic rings. The molecule has 3 rings (SSSR count). The fraction of sp³-hybridized carbons (Fsp3) is 0.0667. The summed E-state index contributed by atoms with van der Waals surface area (Å²) >= 11 is 4.94. The van der Waals surface area contributed by atoms with Crippen molar-refractivity contribution in [2.45, 2.75) is 6.92 Å². The number of hydrogen-bond donors (Lipinski definition) is 0. The minimum absolute atomic E-state index is 0.0654. The third-order valence-electron chi connectivity index (χ3n) is 3.01. The van der Waals surface area contributed by atoms with Crippen molar-refractivity contribution in [3.05, 3.63) is 62.5 Å². The lowest BCUT2D eigenvalue weighted by Gasteiger charge is -2.03. The molecular weight excluding hydrogens is 322 g/mol. The van der Waals surface area contributed by atoms with Gasteiger partial charge in [0.05, 0.1) is 8.66 Å². The van der Waals surface area contributed by atoms with E-state index in [-0.39, 0.29) is 5.78 Å². The Morgan fingerprint density at radius 2 is 2.16 bits per heavy atom. The van der Waals surface area contributed by atoms with Gasteiger partial charge in [-0.2, -0.15) is 0 Å². The zero-order chi connectivity index (χ0) is 13.4. The van der Waals surface area contributed by atoms with E-state index >= 15 is 0 Å². The predicted molar refractivity (Wildman–Crippen MR) is 81.9 cm³/mol. The Morgan fingerprint density at radius 3 is 2.89 bits per heavy atom. The molecule has 0 spiro atoms. The molecule has 2 heterocycles. The van der Waals surface area contributed by atoms with Gasteiger partial charge >= 0.3 is 0 Å². The van der Waals surface area contributed by atoms with Crippen LogP contribution in [0.5, 0.6) is 0 Å². The molecule has 0 saturated heterocycles. The lowest BCUT2D eigenvalue weighted by Crippen LogP contribution is -1.99. The highest BCUT2D eigenvalue weighted by molar-refractivity contribution is 9.11. The third kappa shape index (κ3) is 2.22. The number of fused-ring (bicyclic) bond motifs is 1. The van der Waals surface area contributed by atoms with Gasteiger partial charge in [0.25, 0.3) is 0 Å². The molecule has 2 aromatic heterocycles. The summed E-state index contributed by atoms with van der Waals surface area (Å²) in [5.74, 6) is 0.0654. The second-order valence-electron chi connectivity index (χ2n) is 4.30. The predicted octanol–water partition coefficient (Wildman–Crippen LogP) is 4.60. The van der Waals surface area contributed by atoms with E-state index in [0.717, 1.165) is 30.6 Å². The van der Waals surface area contributed by atoms with Crippen molar-refractivity contribution in [2.24, 2.45) is 0 Å². The number of aromatic nitrogens is 1. The zero-order valence-electron chi connectivity index (χ0n) is 10.2. The number of aryl methyl sites for hydroxylation is 1. The maximum absolute atomic E-state index is 12.6. The van der Waals surface area contributed by atoms with Crippen LogP contribution < -0.4 is 0 Å². The van der Waals surface area contributed by atoms with Crippen LogP contribution >= 0.6 is 27.3 Å². The Kier molecular flexibility index (Phi) is 3.21. The summed E-state index contributed by atoms with van der Waals surface area (Å²) in [6.07, 6.45) is 3.50. The number of carbonyl (C=O) groups excluding carboxylic acids is 1. The van der Waals surface area contributed by atoms with Gasteiger partial charge in [-0.15, -0.1) is 11.3 Å². The summed E-state index contributed by atoms with van der Waals surface area (Å²) in [4.78, 5) is 17.4. The Labute approximate surface area is 123 Å². The van der Waals surface area contributed by atoms with Gasteiger partial charge in [-0.25, -0.2) is 0 Å². The summed E-state index contributed by atoms with van der Waals surface area (Å²) in [7, 11) is 0. The summed E-state index contributed by atoms with van der Waals surface area (Å²) in [6, 6.07) is 9.55. The second-order valence-corrected chi connectivity index (χ2v) is 6.67. The van der Waals surface area contributed by atoms with Crippen LogP contribution in [0.25, 0.3) is 10.8 Å². The molecule has 0 fully saturated rings. The number of ketones is 1. The minimum Gasteiger partial charge on any atom is -0.288 e. The number of hydrogen-bond acceptors (Lipinski definition) is 3. The third-order valence-corrected chi connectivity index (χ3v) is 5.14. The minimum atomic E-state index is 0.0654. The molecule has 0 amide bonds. The van der Waals surface area contributed by atoms with Gasteiger partial charge < -0.3 is 0 Å². The van der Waals surface area contributed by atoms with Crippen LogP contribution in [0.3, 0.4) is 0 Å². The number of carbonyl (C=O) groups is 1. The first-order valence-electron chi connectivity index (χ1n) is 5.80. The van der Waals surface area contributed by atoms with Crippen LogP contribution in [0.15, 0.2) is 46.5 Å². The van der Waals surface area contributed by atoms with Crippen molar-refractivity contribution < 1.29 is 4.79 Å². The summed E-state index contributed by atoms with van der Waals surface area (Å²) in [5, 5.41) is 1.94. The van der Waals surface area contributed by atoms with Gasteiger partial charge in [0, 0.05) is 23.3 Å². The first kappa shape index (κ1) is 12.5. The Morgan fingerprint density at radius 1 is 1.32 bits per heavy atom. The number of pyridine rings is 1. The van der Waals surface area contributed by atoms with Crippen LogP contribution in [0.4, 0.5) is 0 Å². The van der Waals surface area contributed by atoms with E-state index in [9.17, 15) is 4.79 Å². The summed E-state index contributed by atoms with van der Waals surface area (Å²) < 4.78 is 1.01. The van der Waals surface area contributed by atoms with Crippen LogP contribution in [-0.2, 0) is 0 Å². The van der Waals surface area contributed by atoms with Gasteiger partial charge in [-0.1, -0.05) is 18.2 Å². The van der Waals surface area contributed by atoms with Crippen LogP contribution in [0.1, 0.15) is 20.8 Å². The Balaban J connectivity index is 2.16. The van der Waals surface area contributed by atoms with E-state index in [1.165, 1.54) is 11.3 Å². The fourth-order valence-corrected chi connectivity index (χ4v) is 3.51. The van der Waals surface area contributed by atoms with Crippen LogP contribution in [-0.4, -0.2) is 10.8 Å². The van der Waals surface area contributed by atoms with E-state index in [0.29, 0.717) is 0 Å². The topological polar surface area (TPSA) is 30.0 Å². The van der Waals surface area contributed by atoms with Crippen molar-refractivity contribution in [1.82, 2.24) is 4.98 Å². The number of nitrogens with zero attached hydrogens (tertiary/aromatic N) is 1. The van der Waals surface area contributed by atoms with E-state index in [2.05, 4.69) is 20.9 Å². The molecule has 0 aliphatic carbocycles. The quantitative estimate of drug-likeness (QED) is 0.642. The zero-order valence-corrected chi connectivity index (χ0v) is 12.6. The van der Waals surface area contributed by atoms with E-state index in [1.54, 1.807) is 12.4 Å². The number of thiophene rings is 1. The molecule has 1 aromatic carbocycles. The number of rotatable bonds is 2. The molecule has 3 aromatic rings. The molecule has 0 radical (unpaired) electrons. The molecule has 0 N–H and O–H groups in total. The van der Waals surface area contributed by atoms with Gasteiger partial charge in [0.2, 0.25) is 5.78 Å². The maximum Gasteiger partial charge on any atom is 0.203 e. The highest BCUT2D eigenvalue weighted by Crippen LogP contribution is 2.30. The number of benzene rings is 1. The smallest absolute Gasteiger partial charge is 0.203 e. The molecule has 2 nitrogen and oxygen atoms in total. The lowest BCUT2D eigenvalue weighted by atomic mass is 10.0. The highest BCUT2D eigenvalue weighted by atomic mass is 79.9. The first-order valence-corrected chi connectivity index (χ1v) is 7.41. The van der Waals surface area contributed by atoms with E-state index in [4.69, 9.17) is 0 Å². The van der Waals surface area contributed by atoms with E-state index < -0.39 is 0 Å². The summed E-state index contributed by atoms with van der Waals surface area (Å²) in [5.41, 5.74) is 1.82. The lowest BCUT2D eigenvalue weighted by molar-refractivity contribution is 0.104. The molecule has 19 heavy (non-hydrogen) atoms. The molecule has 0 saturated carbocycles. The average Bonchev–Trinajstić information content (AvgIpc) is 2.77. The second kappa shape index (κ2) is 4.87. The van der Waals surface area contributed by atoms with Crippen molar-refractivity contribution >= 4 is 43.8 Å². The molecule has 0 aliphatic heterocycles. The van der Waals surface area contributed by atoms with Gasteiger partial charge in [0.1, 0.15) is 0 Å². The van der Waals surface area contributed by atoms with Gasteiger partial charge in [0.15, 0.2) is 0 Å². The molecule has 0 atom stereocenters. The van der Waals surface area contributed by atoms with E-state index in [1.807, 2.05) is 37.3 Å². The molecule has 0 unspecified atom stereocenters. The summed E-state index contributed by atoms with van der Waals surface area (Å²) in [6.45, 7) is 1.99. The Hall–Kier alpha value is -1.52. The molecule has 4 heteroatoms. The SMILES string of the molecule is Cc1cc(C(=O)c2cccc3cnccc23)sc1Br. The normalized spacial score (nSPS) is 10.8. The molecular formula is C15H10BrNOS. The van der Waals surface area contributed by atoms with Crippen LogP contribution in [0, 0.1) is 6.92 Å². The van der Waals surface area contributed by atoms with Crippen molar-refractivity contribution in [3.63, 3.8) is 0 Å². The molecule has 94 valence electrons. The fourth-order valence-electron chi connectivity index (χ4n) is 2.03. The maximum atomic E-state index is 12.6. The van der Waals surface area contributed by atoms with Crippen LogP contribution in [0.2, 0.25) is 0 Å². The van der Waals surface area contributed by atoms with Gasteiger partial charge in [-0.3, -0.25) is 9.78 Å². The number of halogens is 1.